The third kappa shape index (κ3) is 6.20. The smallest absolute Gasteiger partial charge is 0.328 e. The molecule has 1 N–H and O–H groups in total. The van der Waals surface area contributed by atoms with Crippen molar-refractivity contribution < 1.29 is 23.1 Å². The lowest BCUT2D eigenvalue weighted by Gasteiger charge is -2.28. The number of ether oxygens (including phenoxy) is 1. The van der Waals surface area contributed by atoms with Crippen LogP contribution in [0.1, 0.15) is 45.1 Å². The molecule has 30 heavy (non-hydrogen) atoms. The number of hydrogen-bond donors (Lipinski definition) is 1. The van der Waals surface area contributed by atoms with E-state index in [-0.39, 0.29) is 49.4 Å². The number of rotatable bonds is 9. The highest BCUT2D eigenvalue weighted by Gasteiger charge is 2.32. The Kier molecular flexibility index (Phi) is 8.66. The number of amides is 1. The molecule has 1 amide bonds. The van der Waals surface area contributed by atoms with E-state index in [1.807, 2.05) is 6.07 Å². The maximum atomic E-state index is 14.1. The van der Waals surface area contributed by atoms with Crippen molar-refractivity contribution >= 4 is 29.1 Å². The van der Waals surface area contributed by atoms with Crippen molar-refractivity contribution in [2.45, 2.75) is 58.2 Å². The minimum atomic E-state index is -0.929. The Balaban J connectivity index is 2.01. The number of esters is 1. The first-order chi connectivity index (χ1) is 14.2. The monoisotopic (exact) mass is 437 g/mol. The molecule has 1 fully saturated rings. The van der Waals surface area contributed by atoms with E-state index in [9.17, 15) is 18.4 Å². The van der Waals surface area contributed by atoms with E-state index in [1.54, 1.807) is 18.7 Å². The van der Waals surface area contributed by atoms with Gasteiger partial charge in [0.15, 0.2) is 11.6 Å². The van der Waals surface area contributed by atoms with Crippen molar-refractivity contribution in [1.29, 1.82) is 5.26 Å². The summed E-state index contributed by atoms with van der Waals surface area (Å²) in [6.07, 6.45) is 1.33. The maximum Gasteiger partial charge on any atom is 0.328 e. The number of carbonyl (C=O) groups is 2. The standard InChI is InChI=1S/C21H25F2N3O3S/c1-13(2)20(21(28)29-10-4-9-24)25-17(27)11-15-7-8-18(30)26(15)12-14-5-3-6-16(22)19(14)23/h3,5-6,13,15,20H,4,7-8,10-12H2,1-2H3,(H,25,27)/t15-,20-/m0/s1. The topological polar surface area (TPSA) is 82.4 Å². The van der Waals surface area contributed by atoms with Crippen molar-refractivity contribution in [3.8, 4) is 6.07 Å². The summed E-state index contributed by atoms with van der Waals surface area (Å²) in [5.41, 5.74) is 0.172. The van der Waals surface area contributed by atoms with E-state index in [0.29, 0.717) is 17.8 Å². The van der Waals surface area contributed by atoms with Gasteiger partial charge >= 0.3 is 5.97 Å². The highest BCUT2D eigenvalue weighted by molar-refractivity contribution is 7.80. The van der Waals surface area contributed by atoms with Crippen LogP contribution in [0.4, 0.5) is 8.78 Å². The van der Waals surface area contributed by atoms with Crippen LogP contribution in [0.2, 0.25) is 0 Å². The molecule has 0 bridgehead atoms. The molecule has 1 aliphatic heterocycles. The lowest BCUT2D eigenvalue weighted by molar-refractivity contribution is -0.149. The molecule has 6 nitrogen and oxygen atoms in total. The van der Waals surface area contributed by atoms with E-state index in [2.05, 4.69) is 5.32 Å². The molecular formula is C21H25F2N3O3S. The summed E-state index contributed by atoms with van der Waals surface area (Å²) in [5, 5.41) is 11.2. The largest absolute Gasteiger partial charge is 0.463 e. The fraction of sp³-hybridized carbons (Fsp3) is 0.524. The third-order valence-electron chi connectivity index (χ3n) is 4.94. The van der Waals surface area contributed by atoms with Gasteiger partial charge in [-0.25, -0.2) is 13.6 Å². The van der Waals surface area contributed by atoms with Crippen LogP contribution in [-0.4, -0.2) is 40.5 Å². The van der Waals surface area contributed by atoms with Crippen LogP contribution >= 0.6 is 12.2 Å². The zero-order valence-electron chi connectivity index (χ0n) is 17.0. The Hall–Kier alpha value is -2.60. The van der Waals surface area contributed by atoms with Gasteiger partial charge in [0.05, 0.1) is 17.5 Å². The van der Waals surface area contributed by atoms with Gasteiger partial charge in [-0.05, 0) is 24.8 Å². The number of halogens is 2. The number of nitriles is 1. The van der Waals surface area contributed by atoms with E-state index in [1.165, 1.54) is 12.1 Å². The SMILES string of the molecule is CC(C)[C@H](NC(=O)C[C@@H]1CCC(=S)N1Cc1cccc(F)c1F)C(=O)OCCC#N. The predicted octanol–water partition coefficient (Wildman–Crippen LogP) is 3.24. The molecule has 2 atom stereocenters. The summed E-state index contributed by atoms with van der Waals surface area (Å²) in [6.45, 7) is 3.60. The molecule has 1 saturated heterocycles. The van der Waals surface area contributed by atoms with Crippen LogP contribution < -0.4 is 5.32 Å². The molecule has 0 unspecified atom stereocenters. The number of thiocarbonyl (C=S) groups is 1. The Morgan fingerprint density at radius 3 is 2.80 bits per heavy atom. The van der Waals surface area contributed by atoms with Crippen molar-refractivity contribution in [1.82, 2.24) is 10.2 Å². The Bertz CT molecular complexity index is 841. The van der Waals surface area contributed by atoms with Crippen molar-refractivity contribution in [3.05, 3.63) is 35.4 Å². The molecule has 9 heteroatoms. The van der Waals surface area contributed by atoms with Gasteiger partial charge in [-0.3, -0.25) is 4.79 Å². The number of likely N-dealkylation sites (tertiary alicyclic amines) is 1. The van der Waals surface area contributed by atoms with E-state index in [0.717, 1.165) is 6.07 Å². The minimum absolute atomic E-state index is 0.0295. The van der Waals surface area contributed by atoms with Crippen LogP contribution in [-0.2, 0) is 20.9 Å². The maximum absolute atomic E-state index is 14.1. The molecule has 0 aliphatic carbocycles. The van der Waals surface area contributed by atoms with Crippen molar-refractivity contribution in [2.75, 3.05) is 6.61 Å². The van der Waals surface area contributed by atoms with Crippen LogP contribution in [0.3, 0.4) is 0 Å². The second-order valence-electron chi connectivity index (χ2n) is 7.50. The Labute approximate surface area is 180 Å². The van der Waals surface area contributed by atoms with Crippen LogP contribution in [0.15, 0.2) is 18.2 Å². The van der Waals surface area contributed by atoms with Gasteiger partial charge in [-0.15, -0.1) is 0 Å². The van der Waals surface area contributed by atoms with Crippen molar-refractivity contribution in [2.24, 2.45) is 5.92 Å². The molecule has 0 spiro atoms. The number of carbonyl (C=O) groups excluding carboxylic acids is 2. The van der Waals surface area contributed by atoms with Gasteiger partial charge in [0.2, 0.25) is 5.91 Å². The molecule has 0 aromatic heterocycles. The highest BCUT2D eigenvalue weighted by atomic mass is 32.1. The number of nitrogens with zero attached hydrogens (tertiary/aromatic N) is 2. The van der Waals surface area contributed by atoms with Gasteiger partial charge in [0.1, 0.15) is 12.6 Å². The average molecular weight is 438 g/mol. The van der Waals surface area contributed by atoms with E-state index < -0.39 is 23.6 Å². The van der Waals surface area contributed by atoms with Crippen LogP contribution in [0, 0.1) is 28.9 Å². The molecular weight excluding hydrogens is 412 g/mol. The molecule has 0 radical (unpaired) electrons. The average Bonchev–Trinajstić information content (AvgIpc) is 3.02. The first-order valence-electron chi connectivity index (χ1n) is 9.79. The fourth-order valence-corrected chi connectivity index (χ4v) is 3.64. The summed E-state index contributed by atoms with van der Waals surface area (Å²) in [4.78, 5) is 27.1. The molecule has 1 aliphatic rings. The number of benzene rings is 1. The van der Waals surface area contributed by atoms with E-state index >= 15 is 0 Å². The summed E-state index contributed by atoms with van der Waals surface area (Å²) < 4.78 is 32.6. The molecule has 2 rings (SSSR count). The number of hydrogen-bond acceptors (Lipinski definition) is 5. The summed E-state index contributed by atoms with van der Waals surface area (Å²) >= 11 is 5.35. The lowest BCUT2D eigenvalue weighted by atomic mass is 10.0. The summed E-state index contributed by atoms with van der Waals surface area (Å²) in [5.74, 6) is -3.00. The quantitative estimate of drug-likeness (QED) is 0.363. The minimum Gasteiger partial charge on any atom is -0.463 e. The number of nitrogens with one attached hydrogen (secondary N) is 1. The van der Waals surface area contributed by atoms with Crippen LogP contribution in [0.25, 0.3) is 0 Å². The molecule has 1 aromatic rings. The first kappa shape index (κ1) is 23.7. The van der Waals surface area contributed by atoms with Gasteiger partial charge in [-0.1, -0.05) is 38.2 Å². The van der Waals surface area contributed by atoms with Crippen molar-refractivity contribution in [3.63, 3.8) is 0 Å². The molecule has 1 heterocycles. The fourth-order valence-electron chi connectivity index (χ4n) is 3.31. The van der Waals surface area contributed by atoms with Gasteiger partial charge in [0, 0.05) is 24.6 Å². The molecule has 1 aromatic carbocycles. The summed E-state index contributed by atoms with van der Waals surface area (Å²) in [6, 6.07) is 4.74. The zero-order chi connectivity index (χ0) is 22.3. The first-order valence-corrected chi connectivity index (χ1v) is 10.2. The highest BCUT2D eigenvalue weighted by Crippen LogP contribution is 2.26. The van der Waals surface area contributed by atoms with Gasteiger partial charge in [0.25, 0.3) is 0 Å². The third-order valence-corrected chi connectivity index (χ3v) is 5.38. The Morgan fingerprint density at radius 1 is 1.40 bits per heavy atom. The second kappa shape index (κ2) is 11.0. The normalized spacial score (nSPS) is 17.0. The van der Waals surface area contributed by atoms with Gasteiger partial charge < -0.3 is 15.0 Å². The molecule has 0 saturated carbocycles. The second-order valence-corrected chi connectivity index (χ2v) is 7.97. The van der Waals surface area contributed by atoms with Gasteiger partial charge in [-0.2, -0.15) is 5.26 Å². The van der Waals surface area contributed by atoms with E-state index in [4.69, 9.17) is 22.2 Å². The Morgan fingerprint density at radius 2 is 2.13 bits per heavy atom. The zero-order valence-corrected chi connectivity index (χ0v) is 17.8. The molecule has 162 valence electrons. The predicted molar refractivity (Wildman–Crippen MR) is 110 cm³/mol. The van der Waals surface area contributed by atoms with Crippen LogP contribution in [0.5, 0.6) is 0 Å². The lowest BCUT2D eigenvalue weighted by Crippen LogP contribution is -2.47. The summed E-state index contributed by atoms with van der Waals surface area (Å²) in [7, 11) is 0.